The highest BCUT2D eigenvalue weighted by Gasteiger charge is 2.23. The topological polar surface area (TPSA) is 76.7 Å². The van der Waals surface area contributed by atoms with Crippen LogP contribution in [-0.2, 0) is 0 Å². The van der Waals surface area contributed by atoms with Crippen LogP contribution < -0.4 is 20.1 Å². The molecular weight excluding hydrogens is 306 g/mol. The maximum atomic E-state index is 6.17. The van der Waals surface area contributed by atoms with Crippen molar-refractivity contribution >= 4 is 22.7 Å². The molecule has 1 fully saturated rings. The number of rotatable bonds is 4. The van der Waals surface area contributed by atoms with Crippen LogP contribution in [-0.4, -0.2) is 62.3 Å². The van der Waals surface area contributed by atoms with E-state index in [4.69, 9.17) is 20.2 Å². The molecule has 0 amide bonds. The van der Waals surface area contributed by atoms with E-state index in [0.717, 1.165) is 36.8 Å². The Bertz CT molecular complexity index is 726. The molecule has 3 rings (SSSR count). The second kappa shape index (κ2) is 6.68. The molecule has 0 bridgehead atoms. The molecule has 1 aromatic heterocycles. The number of methoxy groups -OCH3 is 2. The van der Waals surface area contributed by atoms with Gasteiger partial charge in [0.15, 0.2) is 11.5 Å². The summed E-state index contributed by atoms with van der Waals surface area (Å²) < 4.78 is 10.7. The highest BCUT2D eigenvalue weighted by Crippen LogP contribution is 2.34. The van der Waals surface area contributed by atoms with Crippen LogP contribution in [0.15, 0.2) is 12.1 Å². The number of benzene rings is 1. The molecule has 0 atom stereocenters. The van der Waals surface area contributed by atoms with Crippen LogP contribution in [0.5, 0.6) is 11.5 Å². The van der Waals surface area contributed by atoms with E-state index in [0.29, 0.717) is 29.3 Å². The Hall–Kier alpha value is -2.28. The van der Waals surface area contributed by atoms with Crippen molar-refractivity contribution in [3.63, 3.8) is 0 Å². The van der Waals surface area contributed by atoms with E-state index >= 15 is 0 Å². The molecule has 0 unspecified atom stereocenters. The van der Waals surface area contributed by atoms with Gasteiger partial charge < -0.3 is 25.0 Å². The molecule has 7 heteroatoms. The van der Waals surface area contributed by atoms with Gasteiger partial charge in [-0.25, -0.2) is 4.98 Å². The Morgan fingerprint density at radius 1 is 1.08 bits per heavy atom. The van der Waals surface area contributed by atoms with Crippen LogP contribution in [0.1, 0.15) is 12.8 Å². The summed E-state index contributed by atoms with van der Waals surface area (Å²) in [4.78, 5) is 13.7. The number of fused-ring (bicyclic) bond motifs is 1. The van der Waals surface area contributed by atoms with Crippen LogP contribution in [0.2, 0.25) is 0 Å². The van der Waals surface area contributed by atoms with Gasteiger partial charge in [-0.2, -0.15) is 4.98 Å². The lowest BCUT2D eigenvalue weighted by Crippen LogP contribution is -2.42. The molecule has 2 heterocycles. The number of nitrogen functional groups attached to an aromatic ring is 1. The minimum absolute atomic E-state index is 0.464. The summed E-state index contributed by atoms with van der Waals surface area (Å²) >= 11 is 0. The van der Waals surface area contributed by atoms with Crippen molar-refractivity contribution in [1.82, 2.24) is 14.9 Å². The van der Waals surface area contributed by atoms with Gasteiger partial charge in [-0.05, 0) is 33.0 Å². The molecular formula is C17H25N5O2. The van der Waals surface area contributed by atoms with Gasteiger partial charge in [0.2, 0.25) is 5.95 Å². The lowest BCUT2D eigenvalue weighted by Gasteiger charge is -2.35. The Balaban J connectivity index is 1.93. The fourth-order valence-electron chi connectivity index (χ4n) is 3.19. The first kappa shape index (κ1) is 16.6. The van der Waals surface area contributed by atoms with Gasteiger partial charge >= 0.3 is 0 Å². The minimum atomic E-state index is 0.464. The Morgan fingerprint density at radius 2 is 1.71 bits per heavy atom. The van der Waals surface area contributed by atoms with Crippen molar-refractivity contribution in [2.24, 2.45) is 0 Å². The Kier molecular flexibility index (Phi) is 4.62. The zero-order valence-electron chi connectivity index (χ0n) is 14.7. The molecule has 0 aliphatic carbocycles. The second-order valence-electron chi connectivity index (χ2n) is 6.32. The van der Waals surface area contributed by atoms with Gasteiger partial charge in [0.1, 0.15) is 5.82 Å². The molecule has 1 aliphatic heterocycles. The predicted octanol–water partition coefficient (Wildman–Crippen LogP) is 1.76. The van der Waals surface area contributed by atoms with Gasteiger partial charge in [0.05, 0.1) is 19.7 Å². The largest absolute Gasteiger partial charge is 0.493 e. The third kappa shape index (κ3) is 3.03. The van der Waals surface area contributed by atoms with Crippen LogP contribution in [0, 0.1) is 0 Å². The molecule has 1 aromatic carbocycles. The number of nitrogens with two attached hydrogens (primary N) is 1. The highest BCUT2D eigenvalue weighted by atomic mass is 16.5. The van der Waals surface area contributed by atoms with E-state index in [1.807, 2.05) is 12.1 Å². The molecule has 2 N–H and O–H groups in total. The number of ether oxygens (including phenoxy) is 2. The number of nitrogens with zero attached hydrogens (tertiary/aromatic N) is 4. The number of aromatic nitrogens is 2. The average Bonchev–Trinajstić information content (AvgIpc) is 2.60. The molecule has 0 spiro atoms. The summed E-state index contributed by atoms with van der Waals surface area (Å²) in [6, 6.07) is 4.29. The maximum absolute atomic E-state index is 6.17. The first-order chi connectivity index (χ1) is 11.5. The fraction of sp³-hybridized carbons (Fsp3) is 0.529. The highest BCUT2D eigenvalue weighted by molar-refractivity contribution is 5.91. The minimum Gasteiger partial charge on any atom is -0.493 e. The van der Waals surface area contributed by atoms with E-state index in [9.17, 15) is 0 Å². The van der Waals surface area contributed by atoms with Crippen molar-refractivity contribution < 1.29 is 9.47 Å². The van der Waals surface area contributed by atoms with Crippen LogP contribution in [0.25, 0.3) is 10.9 Å². The van der Waals surface area contributed by atoms with Gasteiger partial charge in [-0.3, -0.25) is 0 Å². The van der Waals surface area contributed by atoms with E-state index in [2.05, 4.69) is 28.9 Å². The number of hydrogen-bond donors (Lipinski definition) is 1. The third-order valence-corrected chi connectivity index (χ3v) is 4.70. The van der Waals surface area contributed by atoms with Crippen molar-refractivity contribution in [2.75, 3.05) is 52.0 Å². The Labute approximate surface area is 142 Å². The monoisotopic (exact) mass is 331 g/mol. The lowest BCUT2D eigenvalue weighted by molar-refractivity contribution is 0.249. The summed E-state index contributed by atoms with van der Waals surface area (Å²) in [5.41, 5.74) is 6.94. The first-order valence-electron chi connectivity index (χ1n) is 8.14. The molecule has 24 heavy (non-hydrogen) atoms. The van der Waals surface area contributed by atoms with Crippen molar-refractivity contribution in [3.8, 4) is 11.5 Å². The summed E-state index contributed by atoms with van der Waals surface area (Å²) in [6.45, 7) is 1.86. The number of piperidine rings is 1. The third-order valence-electron chi connectivity index (χ3n) is 4.70. The van der Waals surface area contributed by atoms with E-state index in [-0.39, 0.29) is 0 Å². The van der Waals surface area contributed by atoms with E-state index < -0.39 is 0 Å². The van der Waals surface area contributed by atoms with Crippen molar-refractivity contribution in [1.29, 1.82) is 0 Å². The van der Waals surface area contributed by atoms with Gasteiger partial charge in [-0.15, -0.1) is 0 Å². The van der Waals surface area contributed by atoms with Crippen LogP contribution >= 0.6 is 0 Å². The summed E-state index contributed by atoms with van der Waals surface area (Å²) in [5.74, 6) is 2.41. The molecule has 7 nitrogen and oxygen atoms in total. The van der Waals surface area contributed by atoms with E-state index in [1.54, 1.807) is 14.2 Å². The summed E-state index contributed by atoms with van der Waals surface area (Å²) in [5, 5.41) is 0.777. The zero-order valence-corrected chi connectivity index (χ0v) is 14.7. The fourth-order valence-corrected chi connectivity index (χ4v) is 3.19. The molecule has 0 radical (unpaired) electrons. The Morgan fingerprint density at radius 3 is 2.29 bits per heavy atom. The number of hydrogen-bond acceptors (Lipinski definition) is 7. The van der Waals surface area contributed by atoms with Gasteiger partial charge in [-0.1, -0.05) is 0 Å². The first-order valence-corrected chi connectivity index (χ1v) is 8.14. The predicted molar refractivity (Wildman–Crippen MR) is 96.0 cm³/mol. The molecule has 0 saturated carbocycles. The SMILES string of the molecule is COc1cc2nc(N3CCC(N(C)C)CC3)nc(N)c2cc1OC. The average molecular weight is 331 g/mol. The van der Waals surface area contributed by atoms with Crippen LogP contribution in [0.3, 0.4) is 0 Å². The summed E-state index contributed by atoms with van der Waals surface area (Å²) in [6.07, 6.45) is 2.19. The summed E-state index contributed by atoms with van der Waals surface area (Å²) in [7, 11) is 7.47. The van der Waals surface area contributed by atoms with Crippen molar-refractivity contribution in [2.45, 2.75) is 18.9 Å². The number of anilines is 2. The molecule has 1 saturated heterocycles. The van der Waals surface area contributed by atoms with Gasteiger partial charge in [0.25, 0.3) is 0 Å². The van der Waals surface area contributed by atoms with E-state index in [1.165, 1.54) is 0 Å². The normalized spacial score (nSPS) is 16.0. The quantitative estimate of drug-likeness (QED) is 0.914. The maximum Gasteiger partial charge on any atom is 0.227 e. The molecule has 130 valence electrons. The lowest BCUT2D eigenvalue weighted by atomic mass is 10.0. The zero-order chi connectivity index (χ0) is 17.3. The van der Waals surface area contributed by atoms with Crippen molar-refractivity contribution in [3.05, 3.63) is 12.1 Å². The smallest absolute Gasteiger partial charge is 0.227 e. The van der Waals surface area contributed by atoms with Gasteiger partial charge in [0, 0.05) is 30.6 Å². The second-order valence-corrected chi connectivity index (χ2v) is 6.32. The molecule has 2 aromatic rings. The standard InChI is InChI=1S/C17H25N5O2/c1-21(2)11-5-7-22(8-6-11)17-19-13-10-15(24-4)14(23-3)9-12(13)16(18)20-17/h9-11H,5-8H2,1-4H3,(H2,18,19,20). The molecule has 1 aliphatic rings. The van der Waals surface area contributed by atoms with Crippen LogP contribution in [0.4, 0.5) is 11.8 Å².